The molecule has 22 heavy (non-hydrogen) atoms. The molecule has 0 unspecified atom stereocenters. The number of nitrogens with zero attached hydrogens (tertiary/aromatic N) is 1. The van der Waals surface area contributed by atoms with Crippen LogP contribution >= 0.6 is 12.4 Å². The van der Waals surface area contributed by atoms with Gasteiger partial charge < -0.3 is 10.2 Å². The SMILES string of the molecule is CCNCC1CCN(C(=O)c2ccc(C(C)=O)cc2)CC1.Cl. The van der Waals surface area contributed by atoms with Crippen LogP contribution in [0.1, 0.15) is 47.4 Å². The predicted molar refractivity (Wildman–Crippen MR) is 90.9 cm³/mol. The number of carbonyl (C=O) groups excluding carboxylic acids is 2. The van der Waals surface area contributed by atoms with E-state index in [4.69, 9.17) is 0 Å². The van der Waals surface area contributed by atoms with Gasteiger partial charge >= 0.3 is 0 Å². The van der Waals surface area contributed by atoms with E-state index in [1.807, 2.05) is 4.90 Å². The van der Waals surface area contributed by atoms with Gasteiger partial charge in [-0.3, -0.25) is 9.59 Å². The minimum Gasteiger partial charge on any atom is -0.339 e. The second-order valence-corrected chi connectivity index (χ2v) is 5.68. The summed E-state index contributed by atoms with van der Waals surface area (Å²) < 4.78 is 0. The summed E-state index contributed by atoms with van der Waals surface area (Å²) in [5.74, 6) is 0.777. The highest BCUT2D eigenvalue weighted by molar-refractivity contribution is 5.97. The summed E-state index contributed by atoms with van der Waals surface area (Å²) in [5, 5.41) is 3.38. The van der Waals surface area contributed by atoms with Crippen molar-refractivity contribution in [2.24, 2.45) is 5.92 Å². The van der Waals surface area contributed by atoms with E-state index in [-0.39, 0.29) is 24.1 Å². The van der Waals surface area contributed by atoms with Gasteiger partial charge in [-0.15, -0.1) is 12.4 Å². The molecule has 1 aliphatic heterocycles. The van der Waals surface area contributed by atoms with Crippen LogP contribution in [0.4, 0.5) is 0 Å². The Morgan fingerprint density at radius 3 is 2.18 bits per heavy atom. The fourth-order valence-corrected chi connectivity index (χ4v) is 2.72. The zero-order chi connectivity index (χ0) is 15.2. The summed E-state index contributed by atoms with van der Waals surface area (Å²) in [6.07, 6.45) is 2.12. The minimum atomic E-state index is 0. The van der Waals surface area contributed by atoms with Crippen molar-refractivity contribution in [3.63, 3.8) is 0 Å². The molecule has 1 fully saturated rings. The lowest BCUT2D eigenvalue weighted by molar-refractivity contribution is 0.0690. The number of amides is 1. The van der Waals surface area contributed by atoms with Crippen LogP contribution in [0.25, 0.3) is 0 Å². The maximum atomic E-state index is 12.4. The summed E-state index contributed by atoms with van der Waals surface area (Å²) in [6.45, 7) is 7.34. The maximum Gasteiger partial charge on any atom is 0.253 e. The molecule has 5 heteroatoms. The molecule has 1 N–H and O–H groups in total. The molecule has 1 aromatic carbocycles. The zero-order valence-corrected chi connectivity index (χ0v) is 14.1. The highest BCUT2D eigenvalue weighted by Gasteiger charge is 2.23. The van der Waals surface area contributed by atoms with E-state index in [0.717, 1.165) is 39.0 Å². The third-order valence-corrected chi connectivity index (χ3v) is 4.12. The number of piperidine rings is 1. The molecule has 0 saturated carbocycles. The summed E-state index contributed by atoms with van der Waals surface area (Å²) in [5.41, 5.74) is 1.32. The third kappa shape index (κ3) is 4.82. The van der Waals surface area contributed by atoms with Crippen LogP contribution in [0.15, 0.2) is 24.3 Å². The van der Waals surface area contributed by atoms with E-state index in [0.29, 0.717) is 17.0 Å². The van der Waals surface area contributed by atoms with Gasteiger partial charge in [-0.1, -0.05) is 19.1 Å². The largest absolute Gasteiger partial charge is 0.339 e. The molecule has 1 amide bonds. The number of rotatable bonds is 5. The lowest BCUT2D eigenvalue weighted by Crippen LogP contribution is -2.40. The quantitative estimate of drug-likeness (QED) is 0.847. The predicted octanol–water partition coefficient (Wildman–Crippen LogP) is 2.77. The van der Waals surface area contributed by atoms with Crippen molar-refractivity contribution in [1.82, 2.24) is 10.2 Å². The van der Waals surface area contributed by atoms with Crippen molar-refractivity contribution in [3.8, 4) is 0 Å². The first-order chi connectivity index (χ1) is 10.1. The molecule has 1 heterocycles. The van der Waals surface area contributed by atoms with Gasteiger partial charge in [0.15, 0.2) is 5.78 Å². The number of hydrogen-bond donors (Lipinski definition) is 1. The number of likely N-dealkylation sites (tertiary alicyclic amines) is 1. The molecule has 1 saturated heterocycles. The molecule has 0 atom stereocenters. The van der Waals surface area contributed by atoms with Crippen LogP contribution in [0.5, 0.6) is 0 Å². The Labute approximate surface area is 138 Å². The second kappa shape index (κ2) is 8.91. The molecule has 122 valence electrons. The van der Waals surface area contributed by atoms with Crippen LogP contribution < -0.4 is 5.32 Å². The number of halogens is 1. The third-order valence-electron chi connectivity index (χ3n) is 4.12. The first kappa shape index (κ1) is 18.7. The number of carbonyl (C=O) groups is 2. The fraction of sp³-hybridized carbons (Fsp3) is 0.529. The Bertz CT molecular complexity index is 494. The van der Waals surface area contributed by atoms with Gasteiger partial charge in [-0.2, -0.15) is 0 Å². The summed E-state index contributed by atoms with van der Waals surface area (Å²) >= 11 is 0. The van der Waals surface area contributed by atoms with Crippen molar-refractivity contribution < 1.29 is 9.59 Å². The summed E-state index contributed by atoms with van der Waals surface area (Å²) in [6, 6.07) is 6.97. The first-order valence-electron chi connectivity index (χ1n) is 7.72. The smallest absolute Gasteiger partial charge is 0.253 e. The Morgan fingerprint density at radius 1 is 1.14 bits per heavy atom. The summed E-state index contributed by atoms with van der Waals surface area (Å²) in [7, 11) is 0. The second-order valence-electron chi connectivity index (χ2n) is 5.68. The highest BCUT2D eigenvalue weighted by atomic mass is 35.5. The first-order valence-corrected chi connectivity index (χ1v) is 7.72. The van der Waals surface area contributed by atoms with Crippen molar-refractivity contribution in [2.75, 3.05) is 26.2 Å². The molecule has 0 aromatic heterocycles. The average molecular weight is 325 g/mol. The number of Topliss-reactive ketones (excluding diaryl/α,β-unsaturated/α-hetero) is 1. The van der Waals surface area contributed by atoms with Crippen LogP contribution in [-0.2, 0) is 0 Å². The monoisotopic (exact) mass is 324 g/mol. The van der Waals surface area contributed by atoms with E-state index < -0.39 is 0 Å². The molecule has 0 radical (unpaired) electrons. The van der Waals surface area contributed by atoms with E-state index in [2.05, 4.69) is 12.2 Å². The van der Waals surface area contributed by atoms with E-state index >= 15 is 0 Å². The van der Waals surface area contributed by atoms with Gasteiger partial charge in [0.05, 0.1) is 0 Å². The Morgan fingerprint density at radius 2 is 1.68 bits per heavy atom. The van der Waals surface area contributed by atoms with Crippen molar-refractivity contribution in [2.45, 2.75) is 26.7 Å². The fourth-order valence-electron chi connectivity index (χ4n) is 2.72. The van der Waals surface area contributed by atoms with Crippen molar-refractivity contribution >= 4 is 24.1 Å². The van der Waals surface area contributed by atoms with Gasteiger partial charge in [-0.05, 0) is 50.9 Å². The van der Waals surface area contributed by atoms with E-state index in [9.17, 15) is 9.59 Å². The minimum absolute atomic E-state index is 0. The number of benzene rings is 1. The number of hydrogen-bond acceptors (Lipinski definition) is 3. The van der Waals surface area contributed by atoms with Crippen LogP contribution in [0.3, 0.4) is 0 Å². The Kier molecular flexibility index (Phi) is 7.56. The molecule has 1 aromatic rings. The summed E-state index contributed by atoms with van der Waals surface area (Å²) in [4.78, 5) is 25.6. The lowest BCUT2D eigenvalue weighted by Gasteiger charge is -2.32. The molecule has 0 aliphatic carbocycles. The highest BCUT2D eigenvalue weighted by Crippen LogP contribution is 2.18. The molecule has 0 spiro atoms. The molecule has 4 nitrogen and oxygen atoms in total. The zero-order valence-electron chi connectivity index (χ0n) is 13.3. The van der Waals surface area contributed by atoms with Gasteiger partial charge in [0.2, 0.25) is 0 Å². The van der Waals surface area contributed by atoms with Crippen molar-refractivity contribution in [1.29, 1.82) is 0 Å². The normalized spacial score (nSPS) is 15.3. The molecule has 0 bridgehead atoms. The number of nitrogens with one attached hydrogen (secondary N) is 1. The average Bonchev–Trinajstić information content (AvgIpc) is 2.53. The maximum absolute atomic E-state index is 12.4. The number of ketones is 1. The van der Waals surface area contributed by atoms with Gasteiger partial charge in [-0.25, -0.2) is 0 Å². The lowest BCUT2D eigenvalue weighted by atomic mass is 9.96. The molecular formula is C17H25ClN2O2. The molecule has 2 rings (SSSR count). The van der Waals surface area contributed by atoms with E-state index in [1.165, 1.54) is 6.92 Å². The van der Waals surface area contributed by atoms with Gasteiger partial charge in [0.1, 0.15) is 0 Å². The van der Waals surface area contributed by atoms with Gasteiger partial charge in [0, 0.05) is 24.2 Å². The molecule has 1 aliphatic rings. The topological polar surface area (TPSA) is 49.4 Å². The standard InChI is InChI=1S/C17H24N2O2.ClH/c1-3-18-12-14-8-10-19(11-9-14)17(21)16-6-4-15(5-7-16)13(2)20;/h4-7,14,18H,3,8-12H2,1-2H3;1H. The van der Waals surface area contributed by atoms with Crippen LogP contribution in [-0.4, -0.2) is 42.8 Å². The molecular weight excluding hydrogens is 300 g/mol. The van der Waals surface area contributed by atoms with Crippen molar-refractivity contribution in [3.05, 3.63) is 35.4 Å². The Balaban J connectivity index is 0.00000242. The van der Waals surface area contributed by atoms with Crippen LogP contribution in [0, 0.1) is 5.92 Å². The van der Waals surface area contributed by atoms with Crippen LogP contribution in [0.2, 0.25) is 0 Å². The van der Waals surface area contributed by atoms with E-state index in [1.54, 1.807) is 24.3 Å². The van der Waals surface area contributed by atoms with Gasteiger partial charge in [0.25, 0.3) is 5.91 Å². The Hall–Kier alpha value is -1.39.